The van der Waals surface area contributed by atoms with E-state index in [9.17, 15) is 0 Å². The molecule has 0 aromatic heterocycles. The van der Waals surface area contributed by atoms with Crippen LogP contribution in [-0.2, 0) is 6.61 Å². The summed E-state index contributed by atoms with van der Waals surface area (Å²) in [6, 6.07) is 40.9. The molecule has 0 spiro atoms. The number of hydrogen-bond donors (Lipinski definition) is 0. The summed E-state index contributed by atoms with van der Waals surface area (Å²) in [6.45, 7) is 2.65. The van der Waals surface area contributed by atoms with Crippen LogP contribution in [0, 0.1) is 3.57 Å². The maximum absolute atomic E-state index is 6.20. The van der Waals surface area contributed by atoms with Crippen molar-refractivity contribution in [2.45, 2.75) is 31.3 Å². The summed E-state index contributed by atoms with van der Waals surface area (Å²) in [5.41, 5.74) is 10.0. The Morgan fingerprint density at radius 3 is 1.91 bits per heavy atom. The Bertz CT molecular complexity index is 1700. The minimum atomic E-state index is 0.355. The molecule has 44 heavy (non-hydrogen) atoms. The van der Waals surface area contributed by atoms with Crippen LogP contribution in [-0.4, -0.2) is 26.4 Å². The molecule has 5 aromatic carbocycles. The molecule has 0 unspecified atom stereocenters. The molecule has 2 aliphatic heterocycles. The lowest BCUT2D eigenvalue weighted by Gasteiger charge is -2.43. The van der Waals surface area contributed by atoms with E-state index < -0.39 is 0 Å². The van der Waals surface area contributed by atoms with E-state index in [2.05, 4.69) is 118 Å². The molecular weight excluding hydrogens is 655 g/mol. The molecule has 0 N–H and O–H groups in total. The van der Waals surface area contributed by atoms with Crippen LogP contribution in [0.2, 0.25) is 0 Å². The second-order valence-electron chi connectivity index (χ2n) is 11.5. The zero-order valence-electron chi connectivity index (χ0n) is 24.8. The molecule has 0 aliphatic carbocycles. The van der Waals surface area contributed by atoms with Gasteiger partial charge in [-0.05, 0) is 93.1 Å². The van der Waals surface area contributed by atoms with Crippen molar-refractivity contribution in [3.63, 3.8) is 0 Å². The standard InChI is InChI=1S/C39H35IN2O2/c1-43-37-22-28(21-36(40)39(37)44-26-27-11-5-2-6-12-27)25-41-31-23-34-32(29-13-7-3-8-14-29)17-19-42-20-18-33(35(24-31)38(34)42)30-15-9-4-10-16-30/h2-16,21-25,32-33H,17-20,26H2,1H3/t32-,33-/m1/s1. The number of hydrogen-bond acceptors (Lipinski definition) is 4. The Balaban J connectivity index is 1.26. The van der Waals surface area contributed by atoms with Crippen LogP contribution >= 0.6 is 22.6 Å². The van der Waals surface area contributed by atoms with E-state index in [-0.39, 0.29) is 0 Å². The number of anilines is 1. The highest BCUT2D eigenvalue weighted by Crippen LogP contribution is 2.50. The summed E-state index contributed by atoms with van der Waals surface area (Å²) >= 11 is 2.33. The molecular formula is C39H35IN2O2. The number of benzene rings is 5. The largest absolute Gasteiger partial charge is 0.493 e. The molecule has 0 radical (unpaired) electrons. The number of nitrogens with zero attached hydrogens (tertiary/aromatic N) is 2. The molecule has 0 fully saturated rings. The number of halogens is 1. The van der Waals surface area contributed by atoms with Gasteiger partial charge >= 0.3 is 0 Å². The molecule has 0 saturated heterocycles. The van der Waals surface area contributed by atoms with E-state index in [1.807, 2.05) is 30.5 Å². The second-order valence-corrected chi connectivity index (χ2v) is 12.7. The maximum atomic E-state index is 6.20. The summed E-state index contributed by atoms with van der Waals surface area (Å²) in [5.74, 6) is 2.17. The maximum Gasteiger partial charge on any atom is 0.174 e. The van der Waals surface area contributed by atoms with E-state index >= 15 is 0 Å². The minimum Gasteiger partial charge on any atom is -0.493 e. The van der Waals surface area contributed by atoms with Crippen molar-refractivity contribution in [3.05, 3.63) is 152 Å². The number of methoxy groups -OCH3 is 1. The molecule has 5 aromatic rings. The Hall–Kier alpha value is -4.10. The summed E-state index contributed by atoms with van der Waals surface area (Å²) in [6.07, 6.45) is 4.18. The Morgan fingerprint density at radius 2 is 1.34 bits per heavy atom. The van der Waals surface area contributed by atoms with Gasteiger partial charge in [0.2, 0.25) is 0 Å². The van der Waals surface area contributed by atoms with Gasteiger partial charge in [0, 0.05) is 36.8 Å². The lowest BCUT2D eigenvalue weighted by molar-refractivity contribution is 0.282. The highest BCUT2D eigenvalue weighted by molar-refractivity contribution is 14.1. The fourth-order valence-corrected chi connectivity index (χ4v) is 7.53. The van der Waals surface area contributed by atoms with Gasteiger partial charge in [0.25, 0.3) is 0 Å². The Morgan fingerprint density at radius 1 is 0.773 bits per heavy atom. The van der Waals surface area contributed by atoms with Crippen molar-refractivity contribution in [1.29, 1.82) is 0 Å². The first-order valence-corrected chi connectivity index (χ1v) is 16.4. The predicted octanol–water partition coefficient (Wildman–Crippen LogP) is 9.51. The van der Waals surface area contributed by atoms with Gasteiger partial charge in [0.15, 0.2) is 11.5 Å². The molecule has 4 nitrogen and oxygen atoms in total. The van der Waals surface area contributed by atoms with Gasteiger partial charge in [-0.15, -0.1) is 0 Å². The molecule has 0 amide bonds. The average Bonchev–Trinajstić information content (AvgIpc) is 3.08. The number of aliphatic imine (C=N–C) groups is 1. The molecule has 2 atom stereocenters. The first-order chi connectivity index (χ1) is 21.7. The molecule has 5 heteroatoms. The monoisotopic (exact) mass is 690 g/mol. The highest BCUT2D eigenvalue weighted by Gasteiger charge is 2.35. The summed E-state index contributed by atoms with van der Waals surface area (Å²) in [7, 11) is 1.69. The third-order valence-electron chi connectivity index (χ3n) is 8.84. The second kappa shape index (κ2) is 12.9. The summed E-state index contributed by atoms with van der Waals surface area (Å²) in [4.78, 5) is 7.70. The van der Waals surface area contributed by atoms with Gasteiger partial charge in [0.1, 0.15) is 6.61 Å². The van der Waals surface area contributed by atoms with Crippen molar-refractivity contribution in [2.75, 3.05) is 25.1 Å². The van der Waals surface area contributed by atoms with Gasteiger partial charge in [-0.3, -0.25) is 4.99 Å². The van der Waals surface area contributed by atoms with Crippen LogP contribution in [0.1, 0.15) is 58.1 Å². The average molecular weight is 691 g/mol. The topological polar surface area (TPSA) is 34.1 Å². The number of ether oxygens (including phenoxy) is 2. The van der Waals surface area contributed by atoms with Crippen LogP contribution in [0.15, 0.2) is 120 Å². The van der Waals surface area contributed by atoms with Crippen LogP contribution < -0.4 is 14.4 Å². The third-order valence-corrected chi connectivity index (χ3v) is 9.64. The lowest BCUT2D eigenvalue weighted by atomic mass is 9.76. The fraction of sp³-hybridized carbons (Fsp3) is 0.205. The van der Waals surface area contributed by atoms with Crippen molar-refractivity contribution in [2.24, 2.45) is 4.99 Å². The van der Waals surface area contributed by atoms with Crippen LogP contribution in [0.4, 0.5) is 11.4 Å². The van der Waals surface area contributed by atoms with Gasteiger partial charge in [0.05, 0.1) is 16.4 Å². The SMILES string of the molecule is COc1cc(C=Nc2cc3c4c(c2)[C@@H](c2ccccc2)CCN4CC[C@@H]3c2ccccc2)cc(I)c1OCc1ccccc1. The van der Waals surface area contributed by atoms with Gasteiger partial charge in [-0.25, -0.2) is 0 Å². The van der Waals surface area contributed by atoms with E-state index in [1.54, 1.807) is 7.11 Å². The van der Waals surface area contributed by atoms with Crippen LogP contribution in [0.5, 0.6) is 11.5 Å². The Labute approximate surface area is 273 Å². The van der Waals surface area contributed by atoms with Gasteiger partial charge in [-0.2, -0.15) is 0 Å². The zero-order valence-corrected chi connectivity index (χ0v) is 27.0. The predicted molar refractivity (Wildman–Crippen MR) is 188 cm³/mol. The van der Waals surface area contributed by atoms with E-state index in [0.29, 0.717) is 24.2 Å². The van der Waals surface area contributed by atoms with E-state index in [4.69, 9.17) is 14.5 Å². The van der Waals surface area contributed by atoms with Crippen LogP contribution in [0.25, 0.3) is 0 Å². The van der Waals surface area contributed by atoms with Crippen molar-refractivity contribution in [3.8, 4) is 11.5 Å². The molecule has 2 heterocycles. The molecule has 7 rings (SSSR count). The molecule has 0 bridgehead atoms. The first kappa shape index (κ1) is 28.7. The third kappa shape index (κ3) is 5.85. The highest BCUT2D eigenvalue weighted by atomic mass is 127. The number of rotatable bonds is 8. The lowest BCUT2D eigenvalue weighted by Crippen LogP contribution is -2.37. The molecule has 0 saturated carbocycles. The normalized spacial score (nSPS) is 17.4. The summed E-state index contributed by atoms with van der Waals surface area (Å²) in [5, 5.41) is 0. The van der Waals surface area contributed by atoms with Crippen molar-refractivity contribution in [1.82, 2.24) is 0 Å². The zero-order chi connectivity index (χ0) is 29.9. The van der Waals surface area contributed by atoms with Gasteiger partial charge in [-0.1, -0.05) is 91.0 Å². The fourth-order valence-electron chi connectivity index (χ4n) is 6.75. The van der Waals surface area contributed by atoms with E-state index in [1.165, 1.54) is 27.9 Å². The summed E-state index contributed by atoms with van der Waals surface area (Å²) < 4.78 is 13.0. The smallest absolute Gasteiger partial charge is 0.174 e. The quantitative estimate of drug-likeness (QED) is 0.120. The Kier molecular flexibility index (Phi) is 8.38. The van der Waals surface area contributed by atoms with Gasteiger partial charge < -0.3 is 14.4 Å². The molecule has 2 aliphatic rings. The van der Waals surface area contributed by atoms with E-state index in [0.717, 1.165) is 52.1 Å². The molecule has 220 valence electrons. The minimum absolute atomic E-state index is 0.355. The van der Waals surface area contributed by atoms with Crippen molar-refractivity contribution >= 4 is 40.2 Å². The first-order valence-electron chi connectivity index (χ1n) is 15.3. The van der Waals surface area contributed by atoms with Crippen molar-refractivity contribution < 1.29 is 9.47 Å². The van der Waals surface area contributed by atoms with Crippen LogP contribution in [0.3, 0.4) is 0 Å².